The molecule has 0 saturated heterocycles. The molecule has 1 atom stereocenters. The Morgan fingerprint density at radius 3 is 1.92 bits per heavy atom. The lowest BCUT2D eigenvalue weighted by Crippen LogP contribution is -2.32. The third kappa shape index (κ3) is 4.50. The SMILES string of the molecule is c1ccc(-c2cccc3c2-c2ccc(N(c4ccc5sc6ccccc6c5c4)c4cccc5ccccc45)cc2C32c3ccccc3-c3cccc4cccc2c34)cc1. The minimum atomic E-state index is -0.562. The number of thiophene rings is 1. The molecule has 1 unspecified atom stereocenters. The van der Waals surface area contributed by atoms with Crippen LogP contribution in [0.15, 0.2) is 212 Å². The number of nitrogens with zero attached hydrogens (tertiary/aromatic N) is 1. The maximum absolute atomic E-state index is 2.53. The Kier molecular flexibility index (Phi) is 6.87. The Bertz CT molecular complexity index is 3510. The maximum Gasteiger partial charge on any atom is 0.0726 e. The summed E-state index contributed by atoms with van der Waals surface area (Å²) in [6.45, 7) is 0. The van der Waals surface area contributed by atoms with Crippen LogP contribution in [0.4, 0.5) is 17.1 Å². The van der Waals surface area contributed by atoms with E-state index < -0.39 is 5.41 Å². The first-order valence-electron chi connectivity index (χ1n) is 20.4. The fourth-order valence-corrected chi connectivity index (χ4v) is 11.8. The van der Waals surface area contributed by atoms with Crippen molar-refractivity contribution in [1.82, 2.24) is 0 Å². The van der Waals surface area contributed by atoms with Gasteiger partial charge < -0.3 is 4.90 Å². The zero-order valence-corrected chi connectivity index (χ0v) is 32.9. The second-order valence-corrected chi connectivity index (χ2v) is 17.0. The first-order chi connectivity index (χ1) is 29.3. The van der Waals surface area contributed by atoms with Crippen LogP contribution < -0.4 is 4.90 Å². The molecule has 10 aromatic carbocycles. The van der Waals surface area contributed by atoms with Gasteiger partial charge in [0.2, 0.25) is 0 Å². The summed E-state index contributed by atoms with van der Waals surface area (Å²) in [5.74, 6) is 0. The van der Waals surface area contributed by atoms with Crippen LogP contribution in [0, 0.1) is 0 Å². The van der Waals surface area contributed by atoms with Crippen molar-refractivity contribution in [2.75, 3.05) is 4.90 Å². The van der Waals surface area contributed by atoms with E-state index in [1.54, 1.807) is 0 Å². The second-order valence-electron chi connectivity index (χ2n) is 15.9. The first-order valence-corrected chi connectivity index (χ1v) is 21.2. The van der Waals surface area contributed by atoms with E-state index in [0.717, 1.165) is 17.1 Å². The Hall–Kier alpha value is -7.26. The monoisotopic (exact) mass is 765 g/mol. The molecule has 1 heterocycles. The van der Waals surface area contributed by atoms with Crippen LogP contribution in [-0.4, -0.2) is 0 Å². The Morgan fingerprint density at radius 1 is 0.356 bits per heavy atom. The minimum Gasteiger partial charge on any atom is -0.310 e. The number of anilines is 3. The van der Waals surface area contributed by atoms with Crippen molar-refractivity contribution in [3.63, 3.8) is 0 Å². The van der Waals surface area contributed by atoms with Crippen LogP contribution >= 0.6 is 11.3 Å². The lowest BCUT2D eigenvalue weighted by atomic mass is 9.61. The van der Waals surface area contributed by atoms with E-state index in [4.69, 9.17) is 0 Å². The standard InChI is InChI=1S/C57H35NS/c1-2-14-37(15-3-1)42-23-13-27-50-56(42)46-32-30-40(35-51(46)57(50)48-25-8-6-21-43(48)45-24-10-18-38-19-11-26-49(57)55(38)45)58(52-28-12-17-36-16-4-5-20-41(36)52)39-31-33-54-47(34-39)44-22-7-9-29-53(44)59-54/h1-35H. The molecule has 13 rings (SSSR count). The molecule has 0 fully saturated rings. The third-order valence-electron chi connectivity index (χ3n) is 13.0. The van der Waals surface area contributed by atoms with Gasteiger partial charge >= 0.3 is 0 Å². The molecule has 0 amide bonds. The molecule has 2 heteroatoms. The van der Waals surface area contributed by atoms with Crippen LogP contribution in [0.5, 0.6) is 0 Å². The predicted octanol–water partition coefficient (Wildman–Crippen LogP) is 15.8. The highest BCUT2D eigenvalue weighted by atomic mass is 32.1. The minimum absolute atomic E-state index is 0.562. The van der Waals surface area contributed by atoms with Gasteiger partial charge in [0, 0.05) is 36.9 Å². The van der Waals surface area contributed by atoms with Crippen molar-refractivity contribution < 1.29 is 0 Å². The van der Waals surface area contributed by atoms with Gasteiger partial charge in [0.05, 0.1) is 11.1 Å². The summed E-state index contributed by atoms with van der Waals surface area (Å²) in [5.41, 5.74) is 15.9. The summed E-state index contributed by atoms with van der Waals surface area (Å²) in [7, 11) is 0. The number of hydrogen-bond acceptors (Lipinski definition) is 2. The molecule has 0 aliphatic heterocycles. The van der Waals surface area contributed by atoms with Gasteiger partial charge in [-0.3, -0.25) is 0 Å². The number of hydrogen-bond donors (Lipinski definition) is 0. The predicted molar refractivity (Wildman–Crippen MR) is 251 cm³/mol. The number of fused-ring (bicyclic) bond motifs is 13. The van der Waals surface area contributed by atoms with Crippen LogP contribution in [-0.2, 0) is 5.41 Å². The van der Waals surface area contributed by atoms with Crippen LogP contribution in [0.25, 0.3) is 75.1 Å². The summed E-state index contributed by atoms with van der Waals surface area (Å²) in [6, 6.07) is 79.6. The van der Waals surface area contributed by atoms with Crippen molar-refractivity contribution >= 4 is 70.1 Å². The number of benzene rings is 10. The molecule has 11 aromatic rings. The zero-order valence-electron chi connectivity index (χ0n) is 32.1. The van der Waals surface area contributed by atoms with Crippen LogP contribution in [0.1, 0.15) is 22.3 Å². The molecule has 59 heavy (non-hydrogen) atoms. The topological polar surface area (TPSA) is 3.24 Å². The van der Waals surface area contributed by atoms with Gasteiger partial charge in [0.15, 0.2) is 0 Å². The quantitative estimate of drug-likeness (QED) is 0.172. The summed E-state index contributed by atoms with van der Waals surface area (Å²) in [4.78, 5) is 2.51. The normalized spacial score (nSPS) is 14.8. The van der Waals surface area contributed by atoms with Gasteiger partial charge in [-0.25, -0.2) is 0 Å². The fourth-order valence-electron chi connectivity index (χ4n) is 10.7. The molecule has 0 bridgehead atoms. The highest BCUT2D eigenvalue weighted by molar-refractivity contribution is 7.25. The average molecular weight is 766 g/mol. The third-order valence-corrected chi connectivity index (χ3v) is 14.2. The molecular weight excluding hydrogens is 731 g/mol. The van der Waals surface area contributed by atoms with Gasteiger partial charge in [-0.2, -0.15) is 0 Å². The van der Waals surface area contributed by atoms with E-state index in [9.17, 15) is 0 Å². The van der Waals surface area contributed by atoms with E-state index in [0.29, 0.717) is 0 Å². The lowest BCUT2D eigenvalue weighted by molar-refractivity contribution is 0.773. The second kappa shape index (κ2) is 12.4. The van der Waals surface area contributed by atoms with E-state index >= 15 is 0 Å². The summed E-state index contributed by atoms with van der Waals surface area (Å²) in [5, 5.41) is 7.64. The molecule has 1 nitrogen and oxygen atoms in total. The smallest absolute Gasteiger partial charge is 0.0726 e. The van der Waals surface area contributed by atoms with Gasteiger partial charge in [-0.05, 0) is 114 Å². The Morgan fingerprint density at radius 2 is 0.983 bits per heavy atom. The fraction of sp³-hybridized carbons (Fsp3) is 0.0175. The molecule has 274 valence electrons. The van der Waals surface area contributed by atoms with E-state index in [1.807, 2.05) is 11.3 Å². The summed E-state index contributed by atoms with van der Waals surface area (Å²) >= 11 is 1.87. The summed E-state index contributed by atoms with van der Waals surface area (Å²) in [6.07, 6.45) is 0. The average Bonchev–Trinajstić information content (AvgIpc) is 3.82. The molecule has 2 aliphatic carbocycles. The van der Waals surface area contributed by atoms with Crippen LogP contribution in [0.3, 0.4) is 0 Å². The van der Waals surface area contributed by atoms with Gasteiger partial charge in [-0.1, -0.05) is 170 Å². The molecule has 1 aromatic heterocycles. The van der Waals surface area contributed by atoms with Gasteiger partial charge in [0.25, 0.3) is 0 Å². The Labute approximate surface area is 346 Å². The van der Waals surface area contributed by atoms with Crippen LogP contribution in [0.2, 0.25) is 0 Å². The maximum atomic E-state index is 2.53. The Balaban J connectivity index is 1.16. The molecule has 1 spiro atoms. The molecular formula is C57H35NS. The van der Waals surface area contributed by atoms with E-state index in [-0.39, 0.29) is 0 Å². The van der Waals surface area contributed by atoms with Gasteiger partial charge in [-0.15, -0.1) is 11.3 Å². The molecule has 2 aliphatic rings. The highest BCUT2D eigenvalue weighted by Crippen LogP contribution is 2.64. The van der Waals surface area contributed by atoms with Crippen molar-refractivity contribution in [2.24, 2.45) is 0 Å². The van der Waals surface area contributed by atoms with E-state index in [1.165, 1.54) is 97.4 Å². The first kappa shape index (κ1) is 32.8. The largest absolute Gasteiger partial charge is 0.310 e. The zero-order chi connectivity index (χ0) is 38.7. The van der Waals surface area contributed by atoms with Crippen molar-refractivity contribution in [3.05, 3.63) is 235 Å². The van der Waals surface area contributed by atoms with E-state index in [2.05, 4.69) is 217 Å². The van der Waals surface area contributed by atoms with Crippen molar-refractivity contribution in [1.29, 1.82) is 0 Å². The lowest BCUT2D eigenvalue weighted by Gasteiger charge is -2.40. The van der Waals surface area contributed by atoms with Crippen molar-refractivity contribution in [2.45, 2.75) is 5.41 Å². The summed E-state index contributed by atoms with van der Waals surface area (Å²) < 4.78 is 2.61. The molecule has 0 radical (unpaired) electrons. The van der Waals surface area contributed by atoms with Gasteiger partial charge in [0.1, 0.15) is 0 Å². The highest BCUT2D eigenvalue weighted by Gasteiger charge is 2.51. The molecule has 0 saturated carbocycles. The van der Waals surface area contributed by atoms with Crippen molar-refractivity contribution in [3.8, 4) is 33.4 Å². The number of rotatable bonds is 4. The molecule has 0 N–H and O–H groups in total.